The largest absolute Gasteiger partial charge is 0.497 e. The number of carbonyl (C=O) groups is 2. The van der Waals surface area contributed by atoms with Crippen molar-refractivity contribution >= 4 is 27.7 Å². The third kappa shape index (κ3) is 8.07. The molecule has 1 N–H and O–H groups in total. The van der Waals surface area contributed by atoms with Crippen LogP contribution in [-0.4, -0.2) is 42.0 Å². The lowest BCUT2D eigenvalue weighted by atomic mass is 10.0. The molecule has 0 unspecified atom stereocenters. The van der Waals surface area contributed by atoms with Crippen molar-refractivity contribution in [2.45, 2.75) is 65.6 Å². The van der Waals surface area contributed by atoms with E-state index in [0.29, 0.717) is 11.7 Å². The van der Waals surface area contributed by atoms with Gasteiger partial charge in [0.05, 0.1) is 11.6 Å². The van der Waals surface area contributed by atoms with Crippen molar-refractivity contribution in [2.24, 2.45) is 0 Å². The van der Waals surface area contributed by atoms with Gasteiger partial charge in [0.1, 0.15) is 17.5 Å². The van der Waals surface area contributed by atoms with E-state index in [-0.39, 0.29) is 25.0 Å². The normalized spacial score (nSPS) is 12.3. The number of nitrogens with zero attached hydrogens (tertiary/aromatic N) is 1. The summed E-state index contributed by atoms with van der Waals surface area (Å²) in [5.41, 5.74) is 1.66. The predicted molar refractivity (Wildman–Crippen MR) is 135 cm³/mol. The third-order valence-corrected chi connectivity index (χ3v) is 5.77. The monoisotopic (exact) mass is 518 g/mol. The number of hydrogen-bond acceptors (Lipinski definition) is 4. The van der Waals surface area contributed by atoms with Crippen LogP contribution < -0.4 is 14.8 Å². The lowest BCUT2D eigenvalue weighted by Gasteiger charge is -2.31. The minimum absolute atomic E-state index is 0.178. The molecular formula is C26H35BrN2O4. The Kier molecular flexibility index (Phi) is 9.35. The minimum atomic E-state index is -0.672. The summed E-state index contributed by atoms with van der Waals surface area (Å²) in [5.74, 6) is 1.21. The highest BCUT2D eigenvalue weighted by Gasteiger charge is 2.28. The number of halogens is 1. The quantitative estimate of drug-likeness (QED) is 0.489. The summed E-state index contributed by atoms with van der Waals surface area (Å²) in [6.07, 6.45) is 0. The molecule has 0 aliphatic heterocycles. The van der Waals surface area contributed by atoms with Crippen molar-refractivity contribution in [1.82, 2.24) is 10.2 Å². The van der Waals surface area contributed by atoms with Crippen LogP contribution in [0, 0.1) is 0 Å². The van der Waals surface area contributed by atoms with Gasteiger partial charge >= 0.3 is 0 Å². The maximum absolute atomic E-state index is 13.2. The lowest BCUT2D eigenvalue weighted by molar-refractivity contribution is -0.142. The summed E-state index contributed by atoms with van der Waals surface area (Å²) in [4.78, 5) is 27.6. The van der Waals surface area contributed by atoms with Crippen molar-refractivity contribution in [3.63, 3.8) is 0 Å². The molecule has 0 radical (unpaired) electrons. The maximum atomic E-state index is 13.2. The average molecular weight is 519 g/mol. The van der Waals surface area contributed by atoms with Crippen LogP contribution >= 0.6 is 15.9 Å². The van der Waals surface area contributed by atoms with Crippen LogP contribution in [0.5, 0.6) is 11.5 Å². The molecule has 0 bridgehead atoms. The van der Waals surface area contributed by atoms with E-state index in [9.17, 15) is 9.59 Å². The fraction of sp³-hybridized carbons (Fsp3) is 0.462. The predicted octanol–water partition coefficient (Wildman–Crippen LogP) is 5.29. The number of carbonyl (C=O) groups excluding carboxylic acids is 2. The summed E-state index contributed by atoms with van der Waals surface area (Å²) in [5, 5.41) is 2.96. The van der Waals surface area contributed by atoms with Crippen LogP contribution in [0.4, 0.5) is 0 Å². The first-order valence-electron chi connectivity index (χ1n) is 11.1. The number of nitrogens with one attached hydrogen (secondary N) is 1. The van der Waals surface area contributed by atoms with Crippen LogP contribution in [0.2, 0.25) is 0 Å². The first kappa shape index (κ1) is 26.7. The Morgan fingerprint density at radius 2 is 1.70 bits per heavy atom. The second kappa shape index (κ2) is 11.5. The molecular weight excluding hydrogens is 484 g/mol. The van der Waals surface area contributed by atoms with Gasteiger partial charge in [-0.2, -0.15) is 0 Å². The molecule has 0 fully saturated rings. The van der Waals surface area contributed by atoms with Gasteiger partial charge in [-0.15, -0.1) is 0 Å². The molecule has 33 heavy (non-hydrogen) atoms. The second-order valence-electron chi connectivity index (χ2n) is 9.42. The van der Waals surface area contributed by atoms with E-state index < -0.39 is 11.6 Å². The first-order chi connectivity index (χ1) is 15.4. The zero-order valence-corrected chi connectivity index (χ0v) is 22.2. The molecule has 2 aromatic carbocycles. The molecule has 6 nitrogen and oxygen atoms in total. The Balaban J connectivity index is 2.20. The standard InChI is InChI=1S/C26H35BrN2O4/c1-17(2)20-10-13-23(22(27)14-20)33-16-24(30)29(18(3)25(31)28-26(4,5)6)15-19-8-11-21(32-7)12-9-19/h8-14,17-18H,15-16H2,1-7H3,(H,28,31)/t18-/m0/s1. The van der Waals surface area contributed by atoms with E-state index in [1.165, 1.54) is 5.56 Å². The van der Waals surface area contributed by atoms with E-state index in [2.05, 4.69) is 35.1 Å². The fourth-order valence-electron chi connectivity index (χ4n) is 3.20. The Morgan fingerprint density at radius 1 is 1.06 bits per heavy atom. The highest BCUT2D eigenvalue weighted by molar-refractivity contribution is 9.10. The highest BCUT2D eigenvalue weighted by Crippen LogP contribution is 2.29. The third-order valence-electron chi connectivity index (χ3n) is 5.15. The SMILES string of the molecule is COc1ccc(CN(C(=O)COc2ccc(C(C)C)cc2Br)[C@@H](C)C(=O)NC(C)(C)C)cc1. The minimum Gasteiger partial charge on any atom is -0.497 e. The van der Waals surface area contributed by atoms with Crippen molar-refractivity contribution in [3.05, 3.63) is 58.1 Å². The molecule has 0 aliphatic rings. The fourth-order valence-corrected chi connectivity index (χ4v) is 3.71. The number of benzene rings is 2. The zero-order chi connectivity index (χ0) is 24.8. The average Bonchev–Trinajstić information content (AvgIpc) is 2.75. The number of methoxy groups -OCH3 is 1. The molecule has 2 rings (SSSR count). The second-order valence-corrected chi connectivity index (χ2v) is 10.3. The van der Waals surface area contributed by atoms with Gasteiger partial charge in [-0.3, -0.25) is 9.59 Å². The van der Waals surface area contributed by atoms with Crippen molar-refractivity contribution in [2.75, 3.05) is 13.7 Å². The molecule has 0 saturated heterocycles. The molecule has 0 saturated carbocycles. The molecule has 2 amide bonds. The van der Waals surface area contributed by atoms with Gasteiger partial charge < -0.3 is 19.7 Å². The number of ether oxygens (including phenoxy) is 2. The number of rotatable bonds is 9. The molecule has 1 atom stereocenters. The lowest BCUT2D eigenvalue weighted by Crippen LogP contribution is -2.53. The van der Waals surface area contributed by atoms with Gasteiger partial charge in [0.25, 0.3) is 5.91 Å². The smallest absolute Gasteiger partial charge is 0.261 e. The van der Waals surface area contributed by atoms with Crippen molar-refractivity contribution < 1.29 is 19.1 Å². The van der Waals surface area contributed by atoms with Gasteiger partial charge in [0.15, 0.2) is 6.61 Å². The van der Waals surface area contributed by atoms with E-state index in [1.807, 2.05) is 63.2 Å². The Morgan fingerprint density at radius 3 is 2.21 bits per heavy atom. The van der Waals surface area contributed by atoms with Crippen LogP contribution in [0.1, 0.15) is 58.6 Å². The molecule has 7 heteroatoms. The summed E-state index contributed by atoms with van der Waals surface area (Å²) in [6.45, 7) is 11.8. The molecule has 0 aliphatic carbocycles. The van der Waals surface area contributed by atoms with Crippen molar-refractivity contribution in [3.8, 4) is 11.5 Å². The number of amides is 2. The molecule has 180 valence electrons. The van der Waals surface area contributed by atoms with E-state index >= 15 is 0 Å². The molecule has 0 heterocycles. The summed E-state index contributed by atoms with van der Waals surface area (Å²) < 4.78 is 11.8. The van der Waals surface area contributed by atoms with Gasteiger partial charge in [-0.1, -0.05) is 32.0 Å². The molecule has 2 aromatic rings. The topological polar surface area (TPSA) is 67.9 Å². The highest BCUT2D eigenvalue weighted by atomic mass is 79.9. The van der Waals surface area contributed by atoms with Crippen molar-refractivity contribution in [1.29, 1.82) is 0 Å². The maximum Gasteiger partial charge on any atom is 0.261 e. The first-order valence-corrected chi connectivity index (χ1v) is 11.9. The Labute approximate surface area is 205 Å². The van der Waals surface area contributed by atoms with Gasteiger partial charge in [-0.25, -0.2) is 0 Å². The van der Waals surface area contributed by atoms with Gasteiger partial charge in [-0.05, 0) is 84.9 Å². The Hall–Kier alpha value is -2.54. The van der Waals surface area contributed by atoms with Crippen LogP contribution in [0.25, 0.3) is 0 Å². The Bertz CT molecular complexity index is 952. The van der Waals surface area contributed by atoms with E-state index in [1.54, 1.807) is 18.9 Å². The van der Waals surface area contributed by atoms with Crippen LogP contribution in [0.3, 0.4) is 0 Å². The molecule has 0 spiro atoms. The summed E-state index contributed by atoms with van der Waals surface area (Å²) >= 11 is 3.53. The summed E-state index contributed by atoms with van der Waals surface area (Å²) in [6, 6.07) is 12.6. The molecule has 0 aromatic heterocycles. The van der Waals surface area contributed by atoms with Crippen LogP contribution in [-0.2, 0) is 16.1 Å². The van der Waals surface area contributed by atoms with Gasteiger partial charge in [0, 0.05) is 12.1 Å². The zero-order valence-electron chi connectivity index (χ0n) is 20.6. The summed E-state index contributed by atoms with van der Waals surface area (Å²) in [7, 11) is 1.60. The van der Waals surface area contributed by atoms with E-state index in [0.717, 1.165) is 15.8 Å². The van der Waals surface area contributed by atoms with Gasteiger partial charge in [0.2, 0.25) is 5.91 Å². The number of hydrogen-bond donors (Lipinski definition) is 1. The van der Waals surface area contributed by atoms with Crippen LogP contribution in [0.15, 0.2) is 46.9 Å². The van der Waals surface area contributed by atoms with E-state index in [4.69, 9.17) is 9.47 Å².